The molecule has 0 heterocycles. The minimum atomic E-state index is -4.08. The van der Waals surface area contributed by atoms with E-state index in [0.29, 0.717) is 12.4 Å². The van der Waals surface area contributed by atoms with Crippen molar-refractivity contribution in [3.05, 3.63) is 53.8 Å². The lowest BCUT2D eigenvalue weighted by molar-refractivity contribution is 0.338. The zero-order valence-corrected chi connectivity index (χ0v) is 12.5. The fourth-order valence-corrected chi connectivity index (χ4v) is 2.76. The molecule has 0 bridgehead atoms. The van der Waals surface area contributed by atoms with Gasteiger partial charge in [0.2, 0.25) is 0 Å². The Hall–Kier alpha value is -2.08. The van der Waals surface area contributed by atoms with Crippen LogP contribution in [-0.2, 0) is 10.1 Å². The van der Waals surface area contributed by atoms with Crippen LogP contribution in [0.15, 0.2) is 47.4 Å². The van der Waals surface area contributed by atoms with Crippen molar-refractivity contribution in [2.75, 3.05) is 6.61 Å². The zero-order chi connectivity index (χ0) is 15.5. The van der Waals surface area contributed by atoms with E-state index >= 15 is 0 Å². The summed E-state index contributed by atoms with van der Waals surface area (Å²) in [6.45, 7) is 4.08. The van der Waals surface area contributed by atoms with E-state index in [1.807, 2.05) is 6.92 Å². The minimum absolute atomic E-state index is 0.128. The van der Waals surface area contributed by atoms with Gasteiger partial charge in [0.15, 0.2) is 0 Å². The Morgan fingerprint density at radius 2 is 1.81 bits per heavy atom. The second kappa shape index (κ2) is 6.13. The summed E-state index contributed by atoms with van der Waals surface area (Å²) in [6.07, 6.45) is 0. The summed E-state index contributed by atoms with van der Waals surface area (Å²) in [7, 11) is -4.08. The minimum Gasteiger partial charge on any atom is -0.494 e. The molecule has 0 N–H and O–H groups in total. The van der Waals surface area contributed by atoms with E-state index in [-0.39, 0.29) is 10.6 Å². The van der Waals surface area contributed by atoms with Gasteiger partial charge in [0.1, 0.15) is 22.2 Å². The third-order valence-electron chi connectivity index (χ3n) is 2.63. The molecule has 0 aromatic heterocycles. The molecule has 0 aliphatic carbocycles. The third-order valence-corrected chi connectivity index (χ3v) is 3.87. The molecule has 2 aromatic rings. The molecule has 0 saturated heterocycles. The van der Waals surface area contributed by atoms with Crippen molar-refractivity contribution in [3.63, 3.8) is 0 Å². The lowest BCUT2D eigenvalue weighted by Gasteiger charge is -2.10. The van der Waals surface area contributed by atoms with E-state index in [1.165, 1.54) is 24.3 Å². The largest absolute Gasteiger partial charge is 0.494 e. The van der Waals surface area contributed by atoms with Crippen molar-refractivity contribution in [1.29, 1.82) is 0 Å². The molecular formula is C15H15FO4S. The Morgan fingerprint density at radius 1 is 1.10 bits per heavy atom. The van der Waals surface area contributed by atoms with Gasteiger partial charge in [0.25, 0.3) is 0 Å². The molecule has 0 radical (unpaired) electrons. The molecule has 112 valence electrons. The fraction of sp³-hybridized carbons (Fsp3) is 0.200. The van der Waals surface area contributed by atoms with Crippen molar-refractivity contribution in [2.24, 2.45) is 0 Å². The molecule has 0 spiro atoms. The molecule has 21 heavy (non-hydrogen) atoms. The summed E-state index contributed by atoms with van der Waals surface area (Å²) in [5.74, 6) is 0.00331. The Balaban J connectivity index is 2.32. The number of halogens is 1. The number of hydrogen-bond acceptors (Lipinski definition) is 4. The van der Waals surface area contributed by atoms with Crippen molar-refractivity contribution in [3.8, 4) is 11.5 Å². The maximum atomic E-state index is 13.1. The Kier molecular flexibility index (Phi) is 4.47. The highest BCUT2D eigenvalue weighted by Crippen LogP contribution is 2.25. The molecule has 0 atom stereocenters. The van der Waals surface area contributed by atoms with Crippen molar-refractivity contribution >= 4 is 10.1 Å². The van der Waals surface area contributed by atoms with Crippen LogP contribution >= 0.6 is 0 Å². The van der Waals surface area contributed by atoms with Gasteiger partial charge in [-0.15, -0.1) is 0 Å². The SMILES string of the molecule is CCOc1cc(C)cc(OS(=O)(=O)c2cccc(F)c2)c1. The molecule has 0 saturated carbocycles. The first-order chi connectivity index (χ1) is 9.90. The van der Waals surface area contributed by atoms with E-state index in [2.05, 4.69) is 0 Å². The molecule has 4 nitrogen and oxygen atoms in total. The lowest BCUT2D eigenvalue weighted by Crippen LogP contribution is -2.10. The predicted octanol–water partition coefficient (Wildman–Crippen LogP) is 3.30. The van der Waals surface area contributed by atoms with Gasteiger partial charge in [-0.2, -0.15) is 8.42 Å². The first kappa shape index (κ1) is 15.3. The highest BCUT2D eigenvalue weighted by atomic mass is 32.2. The van der Waals surface area contributed by atoms with E-state index in [9.17, 15) is 12.8 Å². The number of hydrogen-bond donors (Lipinski definition) is 0. The van der Waals surface area contributed by atoms with Gasteiger partial charge in [-0.25, -0.2) is 4.39 Å². The molecule has 2 rings (SSSR count). The zero-order valence-electron chi connectivity index (χ0n) is 11.7. The Bertz CT molecular complexity index is 741. The smallest absolute Gasteiger partial charge is 0.339 e. The molecular weight excluding hydrogens is 295 g/mol. The number of rotatable bonds is 5. The fourth-order valence-electron chi connectivity index (χ4n) is 1.81. The third kappa shape index (κ3) is 3.95. The highest BCUT2D eigenvalue weighted by Gasteiger charge is 2.18. The van der Waals surface area contributed by atoms with Gasteiger partial charge >= 0.3 is 10.1 Å². The van der Waals surface area contributed by atoms with Gasteiger partial charge in [-0.1, -0.05) is 6.07 Å². The maximum Gasteiger partial charge on any atom is 0.339 e. The van der Waals surface area contributed by atoms with E-state index in [4.69, 9.17) is 8.92 Å². The van der Waals surface area contributed by atoms with Crippen LogP contribution in [0, 0.1) is 12.7 Å². The number of ether oxygens (including phenoxy) is 1. The van der Waals surface area contributed by atoms with Crippen LogP contribution in [-0.4, -0.2) is 15.0 Å². The predicted molar refractivity (Wildman–Crippen MR) is 76.6 cm³/mol. The molecule has 0 aliphatic rings. The summed E-state index contributed by atoms with van der Waals surface area (Å²) in [6, 6.07) is 9.48. The second-order valence-corrected chi connectivity index (χ2v) is 5.96. The summed E-state index contributed by atoms with van der Waals surface area (Å²) < 4.78 is 47.7. The first-order valence-corrected chi connectivity index (χ1v) is 7.76. The van der Waals surface area contributed by atoms with Crippen molar-refractivity contribution in [2.45, 2.75) is 18.7 Å². The van der Waals surface area contributed by atoms with Gasteiger partial charge in [0.05, 0.1) is 6.61 Å². The van der Waals surface area contributed by atoms with Gasteiger partial charge in [0, 0.05) is 6.07 Å². The molecule has 6 heteroatoms. The quantitative estimate of drug-likeness (QED) is 0.795. The first-order valence-electron chi connectivity index (χ1n) is 6.35. The number of aryl methyl sites for hydroxylation is 1. The highest BCUT2D eigenvalue weighted by molar-refractivity contribution is 7.87. The maximum absolute atomic E-state index is 13.1. The summed E-state index contributed by atoms with van der Waals surface area (Å²) in [4.78, 5) is -0.234. The molecule has 2 aromatic carbocycles. The van der Waals surface area contributed by atoms with Crippen LogP contribution in [0.25, 0.3) is 0 Å². The number of benzene rings is 2. The van der Waals surface area contributed by atoms with E-state index in [1.54, 1.807) is 19.1 Å². The average Bonchev–Trinajstić information content (AvgIpc) is 2.37. The summed E-state index contributed by atoms with van der Waals surface area (Å²) in [5.41, 5.74) is 0.797. The van der Waals surface area contributed by atoms with Crippen LogP contribution in [0.1, 0.15) is 12.5 Å². The summed E-state index contributed by atoms with van der Waals surface area (Å²) in [5, 5.41) is 0. The van der Waals surface area contributed by atoms with Crippen molar-refractivity contribution in [1.82, 2.24) is 0 Å². The van der Waals surface area contributed by atoms with Gasteiger partial charge in [-0.3, -0.25) is 0 Å². The van der Waals surface area contributed by atoms with Gasteiger partial charge < -0.3 is 8.92 Å². The van der Waals surface area contributed by atoms with Crippen LogP contribution in [0.2, 0.25) is 0 Å². The summed E-state index contributed by atoms with van der Waals surface area (Å²) >= 11 is 0. The molecule has 0 fully saturated rings. The molecule has 0 amide bonds. The monoisotopic (exact) mass is 310 g/mol. The molecule has 0 unspecified atom stereocenters. The van der Waals surface area contributed by atoms with Crippen LogP contribution in [0.5, 0.6) is 11.5 Å². The second-order valence-electron chi connectivity index (χ2n) is 4.41. The lowest BCUT2D eigenvalue weighted by atomic mass is 10.2. The molecule has 0 aliphatic heterocycles. The van der Waals surface area contributed by atoms with Crippen molar-refractivity contribution < 1.29 is 21.7 Å². The van der Waals surface area contributed by atoms with E-state index < -0.39 is 15.9 Å². The average molecular weight is 310 g/mol. The van der Waals surface area contributed by atoms with Crippen LogP contribution in [0.3, 0.4) is 0 Å². The van der Waals surface area contributed by atoms with Gasteiger partial charge in [-0.05, 0) is 49.7 Å². The normalized spacial score (nSPS) is 11.2. The Labute approximate surface area is 123 Å². The standard InChI is InChI=1S/C15H15FO4S/c1-3-19-13-7-11(2)8-14(10-13)20-21(17,18)15-6-4-5-12(16)9-15/h4-10H,3H2,1-2H3. The van der Waals surface area contributed by atoms with E-state index in [0.717, 1.165) is 11.6 Å². The topological polar surface area (TPSA) is 52.6 Å². The van der Waals surface area contributed by atoms with Crippen LogP contribution < -0.4 is 8.92 Å². The Morgan fingerprint density at radius 3 is 2.48 bits per heavy atom. The van der Waals surface area contributed by atoms with Crippen LogP contribution in [0.4, 0.5) is 4.39 Å².